The molecule has 0 aliphatic rings. The normalized spacial score (nSPS) is 10.6. The molecule has 1 amide bonds. The van der Waals surface area contributed by atoms with Gasteiger partial charge in [0.25, 0.3) is 5.91 Å². The average Bonchev–Trinajstić information content (AvgIpc) is 2.98. The molecular formula is C18H14Cl2N2OS. The lowest BCUT2D eigenvalue weighted by atomic mass is 10.1. The Morgan fingerprint density at radius 2 is 1.75 bits per heavy atom. The second kappa shape index (κ2) is 7.34. The Labute approximate surface area is 154 Å². The highest BCUT2D eigenvalue weighted by Crippen LogP contribution is 2.32. The monoisotopic (exact) mass is 376 g/mol. The van der Waals surface area contributed by atoms with E-state index < -0.39 is 0 Å². The first-order chi connectivity index (χ1) is 11.6. The first-order valence-electron chi connectivity index (χ1n) is 7.40. The highest BCUT2D eigenvalue weighted by Gasteiger charge is 2.18. The smallest absolute Gasteiger partial charge is 0.260 e. The first-order valence-corrected chi connectivity index (χ1v) is 8.98. The fourth-order valence-electron chi connectivity index (χ4n) is 2.34. The third-order valence-corrected chi connectivity index (χ3v) is 5.22. The van der Waals surface area contributed by atoms with E-state index in [2.05, 4.69) is 17.2 Å². The number of hydrogen-bond acceptors (Lipinski definition) is 3. The predicted molar refractivity (Wildman–Crippen MR) is 101 cm³/mol. The van der Waals surface area contributed by atoms with Crippen molar-refractivity contribution in [2.75, 3.05) is 5.32 Å². The number of carbonyl (C=O) groups is 1. The zero-order valence-corrected chi connectivity index (χ0v) is 15.2. The summed E-state index contributed by atoms with van der Waals surface area (Å²) in [5.41, 5.74) is 2.18. The summed E-state index contributed by atoms with van der Waals surface area (Å²) in [7, 11) is 0. The predicted octanol–water partition coefficient (Wildman–Crippen LogP) is 5.93. The molecule has 3 aromatic rings. The molecule has 1 heterocycles. The van der Waals surface area contributed by atoms with Crippen molar-refractivity contribution in [2.45, 2.75) is 13.3 Å². The number of benzene rings is 2. The van der Waals surface area contributed by atoms with Gasteiger partial charge in [-0.25, -0.2) is 4.98 Å². The summed E-state index contributed by atoms with van der Waals surface area (Å²) < 4.78 is 0. The molecule has 1 N–H and O–H groups in total. The van der Waals surface area contributed by atoms with E-state index in [-0.39, 0.29) is 11.5 Å². The average molecular weight is 377 g/mol. The van der Waals surface area contributed by atoms with E-state index >= 15 is 0 Å². The van der Waals surface area contributed by atoms with Crippen LogP contribution in [0.15, 0.2) is 48.5 Å². The highest BCUT2D eigenvalue weighted by molar-refractivity contribution is 7.16. The molecule has 0 spiro atoms. The van der Waals surface area contributed by atoms with Gasteiger partial charge in [-0.1, -0.05) is 66.5 Å². The number of aromatic nitrogens is 1. The van der Waals surface area contributed by atoms with Gasteiger partial charge in [-0.2, -0.15) is 0 Å². The molecule has 3 nitrogen and oxygen atoms in total. The second-order valence-electron chi connectivity index (χ2n) is 5.06. The Balaban J connectivity index is 1.91. The lowest BCUT2D eigenvalue weighted by molar-refractivity contribution is 0.102. The molecule has 0 radical (unpaired) electrons. The molecule has 0 saturated carbocycles. The van der Waals surface area contributed by atoms with Crippen LogP contribution in [0.3, 0.4) is 0 Å². The van der Waals surface area contributed by atoms with E-state index in [0.717, 1.165) is 22.6 Å². The van der Waals surface area contributed by atoms with Gasteiger partial charge in [-0.3, -0.25) is 10.1 Å². The topological polar surface area (TPSA) is 42.0 Å². The van der Waals surface area contributed by atoms with Gasteiger partial charge in [-0.15, -0.1) is 11.3 Å². The summed E-state index contributed by atoms with van der Waals surface area (Å²) in [5, 5.41) is 3.97. The largest absolute Gasteiger partial charge is 0.298 e. The Hall–Kier alpha value is -1.88. The summed E-state index contributed by atoms with van der Waals surface area (Å²) in [6, 6.07) is 14.9. The standard InChI is InChI=1S/C18H14Cl2N2OS/c1-2-14-16(11-7-4-3-5-8-11)21-18(24-14)22-17(23)15-12(19)9-6-10-13(15)20/h3-10H,2H2,1H3,(H,21,22,23). The number of anilines is 1. The summed E-state index contributed by atoms with van der Waals surface area (Å²) in [6.07, 6.45) is 0.838. The van der Waals surface area contributed by atoms with Crippen molar-refractivity contribution in [2.24, 2.45) is 0 Å². The van der Waals surface area contributed by atoms with Crippen LogP contribution in [-0.2, 0) is 6.42 Å². The van der Waals surface area contributed by atoms with Crippen LogP contribution in [0.4, 0.5) is 5.13 Å². The van der Waals surface area contributed by atoms with Crippen LogP contribution >= 0.6 is 34.5 Å². The van der Waals surface area contributed by atoms with Gasteiger partial charge in [0.1, 0.15) is 0 Å². The second-order valence-corrected chi connectivity index (χ2v) is 6.96. The maximum absolute atomic E-state index is 12.5. The van der Waals surface area contributed by atoms with Crippen LogP contribution < -0.4 is 5.32 Å². The van der Waals surface area contributed by atoms with Crippen molar-refractivity contribution in [3.05, 3.63) is 69.0 Å². The third kappa shape index (κ3) is 3.46. The minimum absolute atomic E-state index is 0.260. The zero-order chi connectivity index (χ0) is 17.1. The van der Waals surface area contributed by atoms with Crippen LogP contribution in [0.2, 0.25) is 10.0 Å². The van der Waals surface area contributed by atoms with Gasteiger partial charge in [0, 0.05) is 10.4 Å². The Morgan fingerprint density at radius 1 is 1.08 bits per heavy atom. The molecule has 0 aliphatic carbocycles. The van der Waals surface area contributed by atoms with Gasteiger partial charge in [0.2, 0.25) is 0 Å². The summed E-state index contributed by atoms with van der Waals surface area (Å²) in [6.45, 7) is 2.07. The van der Waals surface area contributed by atoms with E-state index in [4.69, 9.17) is 23.2 Å². The molecule has 122 valence electrons. The molecule has 0 atom stereocenters. The minimum Gasteiger partial charge on any atom is -0.298 e. The molecule has 6 heteroatoms. The van der Waals surface area contributed by atoms with E-state index in [0.29, 0.717) is 15.2 Å². The molecule has 0 saturated heterocycles. The summed E-state index contributed by atoms with van der Waals surface area (Å²) >= 11 is 13.6. The molecular weight excluding hydrogens is 363 g/mol. The van der Waals surface area contributed by atoms with Crippen LogP contribution in [0, 0.1) is 0 Å². The van der Waals surface area contributed by atoms with E-state index in [9.17, 15) is 4.79 Å². The SMILES string of the molecule is CCc1sc(NC(=O)c2c(Cl)cccc2Cl)nc1-c1ccccc1. The van der Waals surface area contributed by atoms with Crippen LogP contribution in [0.25, 0.3) is 11.3 Å². The molecule has 3 rings (SSSR count). The molecule has 24 heavy (non-hydrogen) atoms. The number of nitrogens with one attached hydrogen (secondary N) is 1. The first kappa shape index (κ1) is 17.0. The zero-order valence-electron chi connectivity index (χ0n) is 12.8. The summed E-state index contributed by atoms with van der Waals surface area (Å²) in [4.78, 5) is 18.2. The van der Waals surface area contributed by atoms with Gasteiger partial charge in [-0.05, 0) is 18.6 Å². The number of carbonyl (C=O) groups excluding carboxylic acids is 1. The summed E-state index contributed by atoms with van der Waals surface area (Å²) in [5.74, 6) is -0.360. The Kier molecular flexibility index (Phi) is 5.19. The molecule has 0 aliphatic heterocycles. The third-order valence-electron chi connectivity index (χ3n) is 3.48. The molecule has 0 unspecified atom stereocenters. The van der Waals surface area contributed by atoms with Crippen molar-refractivity contribution in [1.29, 1.82) is 0 Å². The van der Waals surface area contributed by atoms with Gasteiger partial charge in [0.15, 0.2) is 5.13 Å². The maximum atomic E-state index is 12.5. The van der Waals surface area contributed by atoms with Crippen LogP contribution in [0.1, 0.15) is 22.2 Å². The van der Waals surface area contributed by atoms with Crippen molar-refractivity contribution >= 4 is 45.6 Å². The highest BCUT2D eigenvalue weighted by atomic mass is 35.5. The molecule has 0 bridgehead atoms. The van der Waals surface area contributed by atoms with E-state index in [1.54, 1.807) is 18.2 Å². The van der Waals surface area contributed by atoms with Gasteiger partial charge < -0.3 is 0 Å². The Morgan fingerprint density at radius 3 is 2.38 bits per heavy atom. The van der Waals surface area contributed by atoms with Crippen molar-refractivity contribution < 1.29 is 4.79 Å². The maximum Gasteiger partial charge on any atom is 0.260 e. The van der Waals surface area contributed by atoms with Crippen molar-refractivity contribution in [3.8, 4) is 11.3 Å². The number of halogens is 2. The molecule has 0 fully saturated rings. The van der Waals surface area contributed by atoms with Crippen LogP contribution in [0.5, 0.6) is 0 Å². The Bertz CT molecular complexity index is 858. The van der Waals surface area contributed by atoms with Crippen molar-refractivity contribution in [3.63, 3.8) is 0 Å². The molecule has 1 aromatic heterocycles. The fraction of sp³-hybridized carbons (Fsp3) is 0.111. The minimum atomic E-state index is -0.360. The number of thiazole rings is 1. The quantitative estimate of drug-likeness (QED) is 0.612. The number of hydrogen-bond donors (Lipinski definition) is 1. The van der Waals surface area contributed by atoms with E-state index in [1.165, 1.54) is 11.3 Å². The van der Waals surface area contributed by atoms with Crippen LogP contribution in [-0.4, -0.2) is 10.9 Å². The fourth-order valence-corrected chi connectivity index (χ4v) is 3.83. The van der Waals surface area contributed by atoms with Crippen molar-refractivity contribution in [1.82, 2.24) is 4.98 Å². The molecule has 2 aromatic carbocycles. The van der Waals surface area contributed by atoms with Gasteiger partial charge in [0.05, 0.1) is 21.3 Å². The van der Waals surface area contributed by atoms with Gasteiger partial charge >= 0.3 is 0 Å². The lowest BCUT2D eigenvalue weighted by Crippen LogP contribution is -2.12. The number of aryl methyl sites for hydroxylation is 1. The number of nitrogens with zero attached hydrogens (tertiary/aromatic N) is 1. The number of amides is 1. The lowest BCUT2D eigenvalue weighted by Gasteiger charge is -2.05. The van der Waals surface area contributed by atoms with E-state index in [1.807, 2.05) is 30.3 Å². The number of rotatable bonds is 4.